The molecule has 0 atom stereocenters. The Morgan fingerprint density at radius 2 is 2.08 bits per heavy atom. The number of hydrogen-bond donors (Lipinski definition) is 1. The molecule has 0 saturated heterocycles. The van der Waals surface area contributed by atoms with Crippen molar-refractivity contribution < 1.29 is 24.2 Å². The highest BCUT2D eigenvalue weighted by atomic mass is 16.7. The normalized spacial score (nSPS) is 10.7. The zero-order valence-electron chi connectivity index (χ0n) is 6.86. The molecule has 0 aliphatic carbocycles. The summed E-state index contributed by atoms with van der Waals surface area (Å²) in [6.45, 7) is 1.73. The Morgan fingerprint density at radius 1 is 1.50 bits per heavy atom. The molecule has 0 saturated carbocycles. The van der Waals surface area contributed by atoms with Crippen LogP contribution in [-0.4, -0.2) is 24.3 Å². The van der Waals surface area contributed by atoms with Gasteiger partial charge in [-0.25, -0.2) is 9.59 Å². The first-order valence-electron chi connectivity index (χ1n) is 3.31. The Labute approximate surface area is 69.6 Å². The van der Waals surface area contributed by atoms with Crippen molar-refractivity contribution in [3.63, 3.8) is 0 Å². The fourth-order valence-corrected chi connectivity index (χ4v) is 0.489. The van der Waals surface area contributed by atoms with Gasteiger partial charge in [-0.1, -0.05) is 6.92 Å². The minimum atomic E-state index is -1.29. The van der Waals surface area contributed by atoms with Crippen molar-refractivity contribution >= 4 is 12.1 Å². The number of carboxylic acids is 1. The molecule has 0 bridgehead atoms. The molecule has 0 aromatic carbocycles. The van der Waals surface area contributed by atoms with Crippen molar-refractivity contribution in [2.24, 2.45) is 0 Å². The standard InChI is InChI=1S/C7H10O5/c1-3-4-5(6(8)9)12-7(10)11-2/h4H,3H2,1-2H3,(H,8,9)/b5-4-. The van der Waals surface area contributed by atoms with Gasteiger partial charge in [-0.15, -0.1) is 0 Å². The zero-order valence-corrected chi connectivity index (χ0v) is 6.86. The number of aliphatic carboxylic acids is 1. The van der Waals surface area contributed by atoms with Crippen molar-refractivity contribution in [1.82, 2.24) is 0 Å². The highest BCUT2D eigenvalue weighted by Gasteiger charge is 2.12. The predicted octanol–water partition coefficient (Wildman–Crippen LogP) is 1.15. The molecular weight excluding hydrogens is 164 g/mol. The molecule has 1 N–H and O–H groups in total. The highest BCUT2D eigenvalue weighted by Crippen LogP contribution is 2.01. The fourth-order valence-electron chi connectivity index (χ4n) is 0.489. The van der Waals surface area contributed by atoms with Gasteiger partial charge in [0.25, 0.3) is 0 Å². The van der Waals surface area contributed by atoms with E-state index in [0.717, 1.165) is 7.11 Å². The Balaban J connectivity index is 4.24. The van der Waals surface area contributed by atoms with E-state index in [0.29, 0.717) is 6.42 Å². The first-order chi connectivity index (χ1) is 5.61. The quantitative estimate of drug-likeness (QED) is 0.394. The molecule has 0 radical (unpaired) electrons. The van der Waals surface area contributed by atoms with E-state index in [2.05, 4.69) is 9.47 Å². The Hall–Kier alpha value is -1.52. The number of carbonyl (C=O) groups is 2. The molecular formula is C7H10O5. The van der Waals surface area contributed by atoms with Crippen molar-refractivity contribution in [2.45, 2.75) is 13.3 Å². The number of rotatable bonds is 3. The lowest BCUT2D eigenvalue weighted by molar-refractivity contribution is -0.136. The van der Waals surface area contributed by atoms with E-state index in [-0.39, 0.29) is 0 Å². The van der Waals surface area contributed by atoms with Gasteiger partial charge >= 0.3 is 12.1 Å². The van der Waals surface area contributed by atoms with Crippen LogP contribution in [0.4, 0.5) is 4.79 Å². The van der Waals surface area contributed by atoms with Gasteiger partial charge < -0.3 is 14.6 Å². The second-order valence-electron chi connectivity index (χ2n) is 1.84. The average Bonchev–Trinajstić information content (AvgIpc) is 2.03. The summed E-state index contributed by atoms with van der Waals surface area (Å²) < 4.78 is 8.41. The molecule has 0 aromatic rings. The van der Waals surface area contributed by atoms with Crippen LogP contribution in [0.25, 0.3) is 0 Å². The van der Waals surface area contributed by atoms with E-state index >= 15 is 0 Å². The summed E-state index contributed by atoms with van der Waals surface area (Å²) in [4.78, 5) is 20.8. The second kappa shape index (κ2) is 5.17. The van der Waals surface area contributed by atoms with Gasteiger partial charge in [0.05, 0.1) is 7.11 Å². The monoisotopic (exact) mass is 174 g/mol. The summed E-state index contributed by atoms with van der Waals surface area (Å²) in [5, 5.41) is 8.45. The van der Waals surface area contributed by atoms with Crippen LogP contribution < -0.4 is 0 Å². The number of allylic oxidation sites excluding steroid dienone is 1. The van der Waals surface area contributed by atoms with Crippen LogP contribution in [0.3, 0.4) is 0 Å². The number of carbonyl (C=O) groups excluding carboxylic acids is 1. The van der Waals surface area contributed by atoms with E-state index in [9.17, 15) is 9.59 Å². The Kier molecular flexibility index (Phi) is 4.52. The Bertz CT molecular complexity index is 206. The molecule has 0 spiro atoms. The maximum atomic E-state index is 10.5. The van der Waals surface area contributed by atoms with Gasteiger partial charge in [-0.3, -0.25) is 0 Å². The number of ether oxygens (including phenoxy) is 2. The molecule has 5 heteroatoms. The van der Waals surface area contributed by atoms with Crippen molar-refractivity contribution in [2.75, 3.05) is 7.11 Å². The molecule has 0 fully saturated rings. The lowest BCUT2D eigenvalue weighted by atomic mass is 10.4. The molecule has 12 heavy (non-hydrogen) atoms. The molecule has 68 valence electrons. The average molecular weight is 174 g/mol. The Morgan fingerprint density at radius 3 is 2.42 bits per heavy atom. The van der Waals surface area contributed by atoms with Crippen molar-refractivity contribution in [3.05, 3.63) is 11.8 Å². The lowest BCUT2D eigenvalue weighted by Crippen LogP contribution is -2.11. The summed E-state index contributed by atoms with van der Waals surface area (Å²) in [6, 6.07) is 0. The van der Waals surface area contributed by atoms with Gasteiger partial charge in [-0.05, 0) is 12.5 Å². The molecule has 0 aromatic heterocycles. The largest absolute Gasteiger partial charge is 0.513 e. The summed E-state index contributed by atoms with van der Waals surface area (Å²) >= 11 is 0. The first kappa shape index (κ1) is 10.5. The minimum Gasteiger partial charge on any atom is -0.475 e. The van der Waals surface area contributed by atoms with Gasteiger partial charge in [0, 0.05) is 0 Å². The maximum Gasteiger partial charge on any atom is 0.513 e. The van der Waals surface area contributed by atoms with Crippen LogP contribution in [-0.2, 0) is 14.3 Å². The number of hydrogen-bond acceptors (Lipinski definition) is 4. The SMILES string of the molecule is CC/C=C(\OC(=O)OC)C(=O)O. The molecule has 5 nitrogen and oxygen atoms in total. The van der Waals surface area contributed by atoms with E-state index in [1.807, 2.05) is 0 Å². The van der Waals surface area contributed by atoms with Crippen LogP contribution >= 0.6 is 0 Å². The summed E-state index contributed by atoms with van der Waals surface area (Å²) in [7, 11) is 1.10. The second-order valence-corrected chi connectivity index (χ2v) is 1.84. The number of methoxy groups -OCH3 is 1. The van der Waals surface area contributed by atoms with Crippen LogP contribution in [0, 0.1) is 0 Å². The van der Waals surface area contributed by atoms with Crippen LogP contribution in [0.2, 0.25) is 0 Å². The third kappa shape index (κ3) is 3.60. The fraction of sp³-hybridized carbons (Fsp3) is 0.429. The summed E-state index contributed by atoms with van der Waals surface area (Å²) in [5.41, 5.74) is 0. The smallest absolute Gasteiger partial charge is 0.475 e. The summed E-state index contributed by atoms with van der Waals surface area (Å²) in [5.74, 6) is -1.70. The topological polar surface area (TPSA) is 72.8 Å². The predicted molar refractivity (Wildman–Crippen MR) is 39.5 cm³/mol. The minimum absolute atomic E-state index is 0.413. The van der Waals surface area contributed by atoms with E-state index in [4.69, 9.17) is 5.11 Å². The van der Waals surface area contributed by atoms with Crippen LogP contribution in [0.1, 0.15) is 13.3 Å². The van der Waals surface area contributed by atoms with Crippen molar-refractivity contribution in [3.8, 4) is 0 Å². The van der Waals surface area contributed by atoms with Crippen molar-refractivity contribution in [1.29, 1.82) is 0 Å². The van der Waals surface area contributed by atoms with E-state index in [1.165, 1.54) is 6.08 Å². The van der Waals surface area contributed by atoms with Gasteiger partial charge in [-0.2, -0.15) is 0 Å². The van der Waals surface area contributed by atoms with Crippen LogP contribution in [0.5, 0.6) is 0 Å². The van der Waals surface area contributed by atoms with Crippen LogP contribution in [0.15, 0.2) is 11.8 Å². The third-order valence-corrected chi connectivity index (χ3v) is 0.960. The van der Waals surface area contributed by atoms with Gasteiger partial charge in [0.2, 0.25) is 5.76 Å². The molecule has 0 aliphatic rings. The molecule has 0 heterocycles. The third-order valence-electron chi connectivity index (χ3n) is 0.960. The van der Waals surface area contributed by atoms with E-state index in [1.54, 1.807) is 6.92 Å². The maximum absolute atomic E-state index is 10.5. The molecule has 0 aliphatic heterocycles. The molecule has 0 unspecified atom stereocenters. The lowest BCUT2D eigenvalue weighted by Gasteiger charge is -2.01. The summed E-state index contributed by atoms with van der Waals surface area (Å²) in [6.07, 6.45) is 0.717. The van der Waals surface area contributed by atoms with E-state index < -0.39 is 17.9 Å². The highest BCUT2D eigenvalue weighted by molar-refractivity contribution is 5.86. The van der Waals surface area contributed by atoms with Gasteiger partial charge in [0.15, 0.2) is 0 Å². The zero-order chi connectivity index (χ0) is 9.56. The molecule has 0 rings (SSSR count). The first-order valence-corrected chi connectivity index (χ1v) is 3.31. The van der Waals surface area contributed by atoms with Gasteiger partial charge in [0.1, 0.15) is 0 Å². The molecule has 0 amide bonds. The number of carboxylic acid groups (broad SMARTS) is 1.